The Balaban J connectivity index is 2.17. The molecule has 1 amide bonds. The topological polar surface area (TPSA) is 52.5 Å². The highest BCUT2D eigenvalue weighted by Gasteiger charge is 2.20. The lowest BCUT2D eigenvalue weighted by Crippen LogP contribution is -2.24. The smallest absolute Gasteiger partial charge is 0.276 e. The van der Waals surface area contributed by atoms with Gasteiger partial charge in [0, 0.05) is 17.4 Å². The number of ether oxygens (including phenoxy) is 1. The van der Waals surface area contributed by atoms with E-state index in [2.05, 4.69) is 10.0 Å². The number of methoxy groups -OCH3 is 1. The summed E-state index contributed by atoms with van der Waals surface area (Å²) in [6, 6.07) is 19.6. The Morgan fingerprint density at radius 2 is 1.85 bits per heavy atom. The minimum absolute atomic E-state index is 0.261. The molecule has 3 rings (SSSR count). The van der Waals surface area contributed by atoms with Gasteiger partial charge in [0.25, 0.3) is 5.91 Å². The molecule has 3 aromatic rings. The second kappa shape index (κ2) is 7.89. The van der Waals surface area contributed by atoms with Crippen LogP contribution in [0.1, 0.15) is 23.0 Å². The highest BCUT2D eigenvalue weighted by molar-refractivity contribution is 5.96. The van der Waals surface area contributed by atoms with Crippen LogP contribution in [0, 0.1) is 6.92 Å². The third kappa shape index (κ3) is 3.48. The van der Waals surface area contributed by atoms with Crippen LogP contribution >= 0.6 is 0 Å². The molecule has 0 atom stereocenters. The number of nitrogens with one attached hydrogen (secondary N) is 1. The van der Waals surface area contributed by atoms with Gasteiger partial charge in [-0.25, -0.2) is 5.48 Å². The second-order valence-electron chi connectivity index (χ2n) is 5.80. The first-order valence-electron chi connectivity index (χ1n) is 8.50. The number of hydrogen-bond donors (Lipinski definition) is 1. The van der Waals surface area contributed by atoms with Gasteiger partial charge in [-0.3, -0.25) is 9.63 Å². The standard InChI is InChI=1S/C21H22N2O3/c1-4-26-22-21(24)19-14-20(16-9-6-5-7-10-16)23(15(19)2)17-11-8-12-18(13-17)25-3/h5-14H,4H2,1-3H3,(H,22,24). The molecule has 134 valence electrons. The summed E-state index contributed by atoms with van der Waals surface area (Å²) in [5.74, 6) is 0.498. The normalized spacial score (nSPS) is 10.6. The van der Waals surface area contributed by atoms with Crippen LogP contribution in [0.4, 0.5) is 0 Å². The van der Waals surface area contributed by atoms with E-state index in [9.17, 15) is 4.79 Å². The summed E-state index contributed by atoms with van der Waals surface area (Å²) in [6.07, 6.45) is 0. The predicted octanol–water partition coefficient (Wildman–Crippen LogP) is 4.14. The van der Waals surface area contributed by atoms with Crippen LogP contribution in [0.15, 0.2) is 60.7 Å². The van der Waals surface area contributed by atoms with Crippen molar-refractivity contribution in [2.24, 2.45) is 0 Å². The zero-order valence-electron chi connectivity index (χ0n) is 15.2. The molecule has 26 heavy (non-hydrogen) atoms. The van der Waals surface area contributed by atoms with Crippen LogP contribution in [-0.4, -0.2) is 24.2 Å². The minimum atomic E-state index is -0.261. The van der Waals surface area contributed by atoms with Crippen molar-refractivity contribution in [3.05, 3.63) is 71.9 Å². The molecule has 0 fully saturated rings. The number of amides is 1. The Morgan fingerprint density at radius 3 is 2.54 bits per heavy atom. The van der Waals surface area contributed by atoms with E-state index >= 15 is 0 Å². The fourth-order valence-corrected chi connectivity index (χ4v) is 2.93. The van der Waals surface area contributed by atoms with Crippen molar-refractivity contribution in [2.45, 2.75) is 13.8 Å². The van der Waals surface area contributed by atoms with E-state index in [0.29, 0.717) is 12.2 Å². The van der Waals surface area contributed by atoms with Gasteiger partial charge >= 0.3 is 0 Å². The van der Waals surface area contributed by atoms with Gasteiger partial charge in [-0.05, 0) is 37.6 Å². The number of hydrogen-bond acceptors (Lipinski definition) is 3. The van der Waals surface area contributed by atoms with E-state index in [4.69, 9.17) is 9.57 Å². The molecule has 0 aliphatic rings. The second-order valence-corrected chi connectivity index (χ2v) is 5.80. The van der Waals surface area contributed by atoms with Crippen LogP contribution in [-0.2, 0) is 4.84 Å². The fraction of sp³-hybridized carbons (Fsp3) is 0.190. The van der Waals surface area contributed by atoms with Crippen molar-refractivity contribution in [1.29, 1.82) is 0 Å². The van der Waals surface area contributed by atoms with Crippen LogP contribution in [0.2, 0.25) is 0 Å². The van der Waals surface area contributed by atoms with Gasteiger partial charge in [-0.2, -0.15) is 0 Å². The summed E-state index contributed by atoms with van der Waals surface area (Å²) in [6.45, 7) is 4.16. The highest BCUT2D eigenvalue weighted by Crippen LogP contribution is 2.30. The third-order valence-electron chi connectivity index (χ3n) is 4.18. The largest absolute Gasteiger partial charge is 0.497 e. The summed E-state index contributed by atoms with van der Waals surface area (Å²) in [4.78, 5) is 17.6. The van der Waals surface area contributed by atoms with E-state index in [1.165, 1.54) is 0 Å². The van der Waals surface area contributed by atoms with Gasteiger partial charge < -0.3 is 9.30 Å². The summed E-state index contributed by atoms with van der Waals surface area (Å²) in [5.41, 5.74) is 6.75. The first-order valence-corrected chi connectivity index (χ1v) is 8.50. The van der Waals surface area contributed by atoms with E-state index in [1.54, 1.807) is 7.11 Å². The lowest BCUT2D eigenvalue weighted by atomic mass is 10.1. The molecule has 0 spiro atoms. The van der Waals surface area contributed by atoms with Crippen molar-refractivity contribution in [3.63, 3.8) is 0 Å². The Hall–Kier alpha value is -3.05. The Labute approximate surface area is 153 Å². The number of benzene rings is 2. The molecule has 0 saturated heterocycles. The number of aromatic nitrogens is 1. The molecule has 0 bridgehead atoms. The van der Waals surface area contributed by atoms with E-state index in [1.807, 2.05) is 74.5 Å². The minimum Gasteiger partial charge on any atom is -0.497 e. The van der Waals surface area contributed by atoms with Gasteiger partial charge in [-0.15, -0.1) is 0 Å². The molecule has 1 aromatic heterocycles. The molecule has 5 heteroatoms. The van der Waals surface area contributed by atoms with Gasteiger partial charge in [0.05, 0.1) is 25.0 Å². The number of nitrogens with zero attached hydrogens (tertiary/aromatic N) is 1. The lowest BCUT2D eigenvalue weighted by Gasteiger charge is -2.13. The lowest BCUT2D eigenvalue weighted by molar-refractivity contribution is 0.0364. The van der Waals surface area contributed by atoms with Gasteiger partial charge in [0.15, 0.2) is 0 Å². The molecule has 1 N–H and O–H groups in total. The molecule has 2 aromatic carbocycles. The van der Waals surface area contributed by atoms with Crippen molar-refractivity contribution in [2.75, 3.05) is 13.7 Å². The molecule has 1 heterocycles. The monoisotopic (exact) mass is 350 g/mol. The number of carbonyl (C=O) groups is 1. The van der Waals surface area contributed by atoms with Crippen molar-refractivity contribution in [3.8, 4) is 22.7 Å². The predicted molar refractivity (Wildman–Crippen MR) is 102 cm³/mol. The van der Waals surface area contributed by atoms with Gasteiger partial charge in [0.1, 0.15) is 5.75 Å². The van der Waals surface area contributed by atoms with Crippen LogP contribution in [0.25, 0.3) is 16.9 Å². The fourth-order valence-electron chi connectivity index (χ4n) is 2.93. The number of carbonyl (C=O) groups excluding carboxylic acids is 1. The Bertz CT molecular complexity index is 901. The molecule has 0 aliphatic heterocycles. The molecule has 0 unspecified atom stereocenters. The molecular weight excluding hydrogens is 328 g/mol. The summed E-state index contributed by atoms with van der Waals surface area (Å²) >= 11 is 0. The summed E-state index contributed by atoms with van der Waals surface area (Å²) in [7, 11) is 1.64. The average Bonchev–Trinajstić information content (AvgIpc) is 3.04. The Kier molecular flexibility index (Phi) is 5.39. The maximum Gasteiger partial charge on any atom is 0.276 e. The van der Waals surface area contributed by atoms with Crippen molar-refractivity contribution < 1.29 is 14.4 Å². The van der Waals surface area contributed by atoms with Crippen LogP contribution in [0.5, 0.6) is 5.75 Å². The molecule has 0 saturated carbocycles. The number of hydroxylamine groups is 1. The summed E-state index contributed by atoms with van der Waals surface area (Å²) < 4.78 is 7.41. The van der Waals surface area contributed by atoms with Gasteiger partial charge in [-0.1, -0.05) is 36.4 Å². The first kappa shape index (κ1) is 17.8. The molecule has 0 aliphatic carbocycles. The van der Waals surface area contributed by atoms with Crippen molar-refractivity contribution >= 4 is 5.91 Å². The van der Waals surface area contributed by atoms with E-state index in [-0.39, 0.29) is 5.91 Å². The zero-order chi connectivity index (χ0) is 18.5. The zero-order valence-corrected chi connectivity index (χ0v) is 15.2. The van der Waals surface area contributed by atoms with Crippen LogP contribution < -0.4 is 10.2 Å². The SMILES string of the molecule is CCONC(=O)c1cc(-c2ccccc2)n(-c2cccc(OC)c2)c1C. The molecule has 0 radical (unpaired) electrons. The quantitative estimate of drug-likeness (QED) is 0.680. The van der Waals surface area contributed by atoms with E-state index in [0.717, 1.165) is 28.4 Å². The Morgan fingerprint density at radius 1 is 1.08 bits per heavy atom. The van der Waals surface area contributed by atoms with E-state index < -0.39 is 0 Å². The number of rotatable bonds is 6. The maximum absolute atomic E-state index is 12.5. The summed E-state index contributed by atoms with van der Waals surface area (Å²) in [5, 5.41) is 0. The third-order valence-corrected chi connectivity index (χ3v) is 4.18. The maximum atomic E-state index is 12.5. The van der Waals surface area contributed by atoms with Crippen LogP contribution in [0.3, 0.4) is 0 Å². The molecule has 5 nitrogen and oxygen atoms in total. The first-order chi connectivity index (χ1) is 12.7. The highest BCUT2D eigenvalue weighted by atomic mass is 16.6. The van der Waals surface area contributed by atoms with Gasteiger partial charge in [0.2, 0.25) is 0 Å². The van der Waals surface area contributed by atoms with Crippen molar-refractivity contribution in [1.82, 2.24) is 10.0 Å². The molecular formula is C21H22N2O3. The average molecular weight is 350 g/mol.